The minimum Gasteiger partial charge on any atom is -0.490 e. The number of carboxylic acid groups (broad SMARTS) is 1. The Morgan fingerprint density at radius 1 is 1.11 bits per heavy atom. The maximum atomic E-state index is 13.6. The lowest BCUT2D eigenvalue weighted by Gasteiger charge is -2.21. The highest BCUT2D eigenvalue weighted by Gasteiger charge is 2.31. The Bertz CT molecular complexity index is 1280. The summed E-state index contributed by atoms with van der Waals surface area (Å²) in [6.45, 7) is 5.64. The number of aliphatic carboxylic acids is 1. The molecule has 0 bridgehead atoms. The van der Waals surface area contributed by atoms with E-state index in [1.54, 1.807) is 11.5 Å². The second kappa shape index (κ2) is 10.7. The van der Waals surface area contributed by atoms with E-state index in [1.807, 2.05) is 32.0 Å². The van der Waals surface area contributed by atoms with Gasteiger partial charge in [-0.05, 0) is 67.9 Å². The Morgan fingerprint density at radius 2 is 1.83 bits per heavy atom. The van der Waals surface area contributed by atoms with Crippen LogP contribution in [0.15, 0.2) is 36.4 Å². The van der Waals surface area contributed by atoms with Gasteiger partial charge in [0.25, 0.3) is 5.91 Å². The van der Waals surface area contributed by atoms with Crippen LogP contribution < -0.4 is 10.1 Å². The monoisotopic (exact) mass is 498 g/mol. The quantitative estimate of drug-likeness (QED) is 0.361. The molecule has 0 aliphatic heterocycles. The summed E-state index contributed by atoms with van der Waals surface area (Å²) in [5.41, 5.74) is 2.04. The lowest BCUT2D eigenvalue weighted by atomic mass is 10.0. The SMILES string of the molecule is CCC(C(=O)O)n1c(C(C)C)c(C(=O)NCc2ccc(F)c(F)c2)c2ccc(OC3CCCC3)cc21. The van der Waals surface area contributed by atoms with Gasteiger partial charge in [0.15, 0.2) is 11.6 Å². The summed E-state index contributed by atoms with van der Waals surface area (Å²) in [6.07, 6.45) is 4.69. The molecule has 192 valence electrons. The number of ether oxygens (including phenoxy) is 1. The van der Waals surface area contributed by atoms with Crippen LogP contribution in [-0.4, -0.2) is 27.7 Å². The van der Waals surface area contributed by atoms with Crippen LogP contribution >= 0.6 is 0 Å². The highest BCUT2D eigenvalue weighted by Crippen LogP contribution is 2.37. The molecule has 3 aromatic rings. The highest BCUT2D eigenvalue weighted by atomic mass is 19.2. The number of carboxylic acids is 1. The Balaban J connectivity index is 1.79. The predicted molar refractivity (Wildman–Crippen MR) is 133 cm³/mol. The molecule has 1 atom stereocenters. The van der Waals surface area contributed by atoms with E-state index in [1.165, 1.54) is 6.07 Å². The Labute approximate surface area is 209 Å². The van der Waals surface area contributed by atoms with E-state index in [0.29, 0.717) is 39.9 Å². The Kier molecular flexibility index (Phi) is 7.62. The summed E-state index contributed by atoms with van der Waals surface area (Å²) in [6, 6.07) is 8.08. The minimum absolute atomic E-state index is 0.000741. The molecular weight excluding hydrogens is 466 g/mol. The van der Waals surface area contributed by atoms with Crippen LogP contribution in [-0.2, 0) is 11.3 Å². The smallest absolute Gasteiger partial charge is 0.326 e. The van der Waals surface area contributed by atoms with E-state index < -0.39 is 29.6 Å². The molecule has 1 aromatic heterocycles. The van der Waals surface area contributed by atoms with Crippen molar-refractivity contribution in [1.82, 2.24) is 9.88 Å². The van der Waals surface area contributed by atoms with Crippen molar-refractivity contribution in [3.8, 4) is 5.75 Å². The lowest BCUT2D eigenvalue weighted by Crippen LogP contribution is -2.26. The number of amides is 1. The van der Waals surface area contributed by atoms with E-state index in [9.17, 15) is 23.5 Å². The molecule has 1 amide bonds. The standard InChI is InChI=1S/C28H32F2N2O4/c1-4-23(28(34)35)32-24-14-19(36-18-7-5-6-8-18)10-11-20(24)25(26(32)16(2)3)27(33)31-15-17-9-12-21(29)22(30)13-17/h9-14,16,18,23H,4-8,15H2,1-3H3,(H,31,33)(H,34,35). The number of carbonyl (C=O) groups excluding carboxylic acids is 1. The first-order valence-electron chi connectivity index (χ1n) is 12.5. The minimum atomic E-state index is -0.983. The van der Waals surface area contributed by atoms with E-state index >= 15 is 0 Å². The third-order valence-corrected chi connectivity index (χ3v) is 6.81. The van der Waals surface area contributed by atoms with Crippen molar-refractivity contribution >= 4 is 22.8 Å². The van der Waals surface area contributed by atoms with E-state index in [-0.39, 0.29) is 18.6 Å². The van der Waals surface area contributed by atoms with Crippen LogP contribution in [0, 0.1) is 11.6 Å². The number of rotatable bonds is 9. The van der Waals surface area contributed by atoms with Crippen molar-refractivity contribution in [2.24, 2.45) is 0 Å². The normalized spacial score (nSPS) is 14.9. The summed E-state index contributed by atoms with van der Waals surface area (Å²) in [5.74, 6) is -2.83. The van der Waals surface area contributed by atoms with Crippen molar-refractivity contribution in [3.05, 3.63) is 64.9 Å². The van der Waals surface area contributed by atoms with Crippen molar-refractivity contribution in [2.45, 2.75) is 77.5 Å². The number of nitrogens with one attached hydrogen (secondary N) is 1. The van der Waals surface area contributed by atoms with Gasteiger partial charge < -0.3 is 19.7 Å². The van der Waals surface area contributed by atoms with Crippen LogP contribution in [0.4, 0.5) is 8.78 Å². The molecule has 8 heteroatoms. The van der Waals surface area contributed by atoms with Gasteiger partial charge in [-0.3, -0.25) is 4.79 Å². The first kappa shape index (κ1) is 25.7. The molecule has 1 aliphatic rings. The van der Waals surface area contributed by atoms with E-state index in [0.717, 1.165) is 37.8 Å². The Hall–Kier alpha value is -3.42. The lowest BCUT2D eigenvalue weighted by molar-refractivity contribution is -0.140. The maximum absolute atomic E-state index is 13.6. The molecule has 1 aliphatic carbocycles. The largest absolute Gasteiger partial charge is 0.490 e. The molecule has 1 saturated carbocycles. The van der Waals surface area contributed by atoms with Crippen LogP contribution in [0.1, 0.15) is 86.5 Å². The van der Waals surface area contributed by atoms with Crippen LogP contribution in [0.25, 0.3) is 10.9 Å². The van der Waals surface area contributed by atoms with Crippen molar-refractivity contribution in [3.63, 3.8) is 0 Å². The molecule has 0 spiro atoms. The molecule has 6 nitrogen and oxygen atoms in total. The van der Waals surface area contributed by atoms with Crippen LogP contribution in [0.2, 0.25) is 0 Å². The Morgan fingerprint density at radius 3 is 2.44 bits per heavy atom. The number of fused-ring (bicyclic) bond motifs is 1. The first-order chi connectivity index (χ1) is 17.2. The topological polar surface area (TPSA) is 80.6 Å². The van der Waals surface area contributed by atoms with E-state index in [2.05, 4.69) is 5.32 Å². The van der Waals surface area contributed by atoms with Gasteiger partial charge in [-0.1, -0.05) is 26.8 Å². The van der Waals surface area contributed by atoms with Gasteiger partial charge in [-0.2, -0.15) is 0 Å². The summed E-state index contributed by atoms with van der Waals surface area (Å²) in [4.78, 5) is 25.7. The first-order valence-corrected chi connectivity index (χ1v) is 12.5. The predicted octanol–water partition coefficient (Wildman–Crippen LogP) is 6.33. The van der Waals surface area contributed by atoms with E-state index in [4.69, 9.17) is 4.74 Å². The molecule has 1 fully saturated rings. The molecule has 1 unspecified atom stereocenters. The fourth-order valence-corrected chi connectivity index (χ4v) is 5.11. The number of nitrogens with zero attached hydrogens (tertiary/aromatic N) is 1. The number of hydrogen-bond acceptors (Lipinski definition) is 3. The third-order valence-electron chi connectivity index (χ3n) is 6.81. The van der Waals surface area contributed by atoms with Gasteiger partial charge in [0, 0.05) is 23.7 Å². The van der Waals surface area contributed by atoms with Crippen LogP contribution in [0.3, 0.4) is 0 Å². The van der Waals surface area contributed by atoms with Gasteiger partial charge in [0.05, 0.1) is 17.2 Å². The average Bonchev–Trinajstić information content (AvgIpc) is 3.46. The molecule has 0 saturated heterocycles. The zero-order valence-electron chi connectivity index (χ0n) is 20.8. The summed E-state index contributed by atoms with van der Waals surface area (Å²) >= 11 is 0. The molecule has 1 heterocycles. The second-order valence-corrected chi connectivity index (χ2v) is 9.68. The van der Waals surface area contributed by atoms with Gasteiger partial charge in [-0.15, -0.1) is 0 Å². The molecular formula is C28H32F2N2O4. The summed E-state index contributed by atoms with van der Waals surface area (Å²) < 4.78 is 34.9. The number of halogens is 2. The zero-order valence-corrected chi connectivity index (χ0v) is 20.8. The van der Waals surface area contributed by atoms with Crippen molar-refractivity contribution < 1.29 is 28.2 Å². The second-order valence-electron chi connectivity index (χ2n) is 9.68. The van der Waals surface area contributed by atoms with Gasteiger partial charge >= 0.3 is 5.97 Å². The molecule has 36 heavy (non-hydrogen) atoms. The average molecular weight is 499 g/mol. The fraction of sp³-hybridized carbons (Fsp3) is 0.429. The molecule has 4 rings (SSSR count). The number of hydrogen-bond donors (Lipinski definition) is 2. The van der Waals surface area contributed by atoms with Crippen molar-refractivity contribution in [1.29, 1.82) is 0 Å². The van der Waals surface area contributed by atoms with Gasteiger partial charge in [0.1, 0.15) is 11.8 Å². The number of carbonyl (C=O) groups is 2. The zero-order chi connectivity index (χ0) is 26.0. The maximum Gasteiger partial charge on any atom is 0.326 e. The third kappa shape index (κ3) is 5.08. The number of benzene rings is 2. The highest BCUT2D eigenvalue weighted by molar-refractivity contribution is 6.09. The summed E-state index contributed by atoms with van der Waals surface area (Å²) in [5, 5.41) is 13.4. The molecule has 2 N–H and O–H groups in total. The molecule has 0 radical (unpaired) electrons. The van der Waals surface area contributed by atoms with Gasteiger partial charge in [0.2, 0.25) is 0 Å². The summed E-state index contributed by atoms with van der Waals surface area (Å²) in [7, 11) is 0. The fourth-order valence-electron chi connectivity index (χ4n) is 5.11. The van der Waals surface area contributed by atoms with Crippen molar-refractivity contribution in [2.75, 3.05) is 0 Å². The van der Waals surface area contributed by atoms with Crippen LogP contribution in [0.5, 0.6) is 5.75 Å². The molecule has 2 aromatic carbocycles. The van der Waals surface area contributed by atoms with Gasteiger partial charge in [-0.25, -0.2) is 13.6 Å². The number of aromatic nitrogens is 1.